The number of hydrogen-bond donors (Lipinski definition) is 1. The lowest BCUT2D eigenvalue weighted by molar-refractivity contribution is -0.133. The predicted molar refractivity (Wildman–Crippen MR) is 135 cm³/mol. The normalized spacial score (nSPS) is 15.7. The maximum absolute atomic E-state index is 13.6. The molecule has 0 fully saturated rings. The van der Waals surface area contributed by atoms with Gasteiger partial charge in [-0.15, -0.1) is 0 Å². The van der Waals surface area contributed by atoms with Gasteiger partial charge in [0, 0.05) is 13.1 Å². The molecule has 200 valence electrons. The molecule has 2 unspecified atom stereocenters. The first-order valence-electron chi connectivity index (χ1n) is 12.1. The number of hydrogen-bond acceptors (Lipinski definition) is 7. The summed E-state index contributed by atoms with van der Waals surface area (Å²) >= 11 is 5.88. The number of halogens is 2. The molecule has 0 bridgehead atoms. The largest absolute Gasteiger partial charge is 0.503 e. The van der Waals surface area contributed by atoms with E-state index in [1.807, 2.05) is 18.9 Å². The van der Waals surface area contributed by atoms with Gasteiger partial charge in [0.1, 0.15) is 23.8 Å². The van der Waals surface area contributed by atoms with Crippen molar-refractivity contribution in [2.45, 2.75) is 58.3 Å². The summed E-state index contributed by atoms with van der Waals surface area (Å²) in [5, 5.41) is 10.7. The molecule has 11 heteroatoms. The molecule has 1 aliphatic heterocycles. The number of likely N-dealkylation sites (N-methyl/N-ethyl adjacent to an activating group) is 1. The second-order valence-corrected chi connectivity index (χ2v) is 9.65. The highest BCUT2D eigenvalue weighted by Gasteiger charge is 2.41. The molecule has 37 heavy (non-hydrogen) atoms. The summed E-state index contributed by atoms with van der Waals surface area (Å²) in [6.07, 6.45) is 1.24. The number of unbranched alkanes of at least 4 members (excludes halogenated alkanes) is 1. The Morgan fingerprint density at radius 2 is 2.03 bits per heavy atom. The lowest BCUT2D eigenvalue weighted by atomic mass is 10.0. The summed E-state index contributed by atoms with van der Waals surface area (Å²) in [5.74, 6) is -1.68. The van der Waals surface area contributed by atoms with Gasteiger partial charge in [0.15, 0.2) is 12.0 Å². The molecule has 9 nitrogen and oxygen atoms in total. The number of benzene rings is 1. The molecule has 1 aromatic heterocycles. The van der Waals surface area contributed by atoms with E-state index in [4.69, 9.17) is 16.3 Å². The molecule has 0 aliphatic carbocycles. The van der Waals surface area contributed by atoms with Gasteiger partial charge in [-0.3, -0.25) is 23.7 Å². The van der Waals surface area contributed by atoms with Gasteiger partial charge >= 0.3 is 0 Å². The Kier molecular flexibility index (Phi) is 9.45. The summed E-state index contributed by atoms with van der Waals surface area (Å²) in [4.78, 5) is 52.9. The summed E-state index contributed by atoms with van der Waals surface area (Å²) < 4.78 is 19.7. The fraction of sp³-hybridized carbons (Fsp3) is 0.462. The molecular weight excluding hydrogens is 505 g/mol. The predicted octanol–water partition coefficient (Wildman–Crippen LogP) is 3.54. The van der Waals surface area contributed by atoms with Crippen LogP contribution in [0.1, 0.15) is 71.2 Å². The number of carbonyl (C=O) groups is 3. The van der Waals surface area contributed by atoms with Gasteiger partial charge in [-0.25, -0.2) is 4.39 Å². The quantitative estimate of drug-likeness (QED) is 0.391. The zero-order valence-corrected chi connectivity index (χ0v) is 21.8. The van der Waals surface area contributed by atoms with Crippen molar-refractivity contribution < 1.29 is 28.6 Å². The van der Waals surface area contributed by atoms with Crippen LogP contribution in [0.2, 0.25) is 5.02 Å². The van der Waals surface area contributed by atoms with Gasteiger partial charge in [0.2, 0.25) is 0 Å². The minimum absolute atomic E-state index is 0.0101. The summed E-state index contributed by atoms with van der Waals surface area (Å²) in [6.45, 7) is 4.74. The van der Waals surface area contributed by atoms with Gasteiger partial charge in [0.25, 0.3) is 17.9 Å². The zero-order valence-electron chi connectivity index (χ0n) is 21.1. The number of carbonyl (C=O) groups excluding carboxylic acids is 3. The van der Waals surface area contributed by atoms with Crippen molar-refractivity contribution in [3.05, 3.63) is 61.8 Å². The van der Waals surface area contributed by atoms with E-state index in [0.717, 1.165) is 12.0 Å². The molecule has 1 amide bonds. The van der Waals surface area contributed by atoms with Crippen molar-refractivity contribution in [1.29, 1.82) is 0 Å². The standard InChI is InChI=1S/C26H31ClFN3O6/c1-4-5-6-22-30(12-16(2)37-15-33)25(35)23-18(19(14-32)24(34)26(36)31(22)23)9-10-29(3)13-17-7-8-21(28)20(27)11-17/h7-8,11,14-16,22,34H,4-6,9-10,12-13H2,1-3H3. The molecule has 2 heterocycles. The van der Waals surface area contributed by atoms with E-state index >= 15 is 0 Å². The maximum atomic E-state index is 13.6. The minimum Gasteiger partial charge on any atom is -0.503 e. The highest BCUT2D eigenvalue weighted by atomic mass is 35.5. The van der Waals surface area contributed by atoms with Gasteiger partial charge in [-0.1, -0.05) is 31.0 Å². The van der Waals surface area contributed by atoms with E-state index < -0.39 is 35.3 Å². The average molecular weight is 536 g/mol. The van der Waals surface area contributed by atoms with E-state index in [1.54, 1.807) is 13.0 Å². The summed E-state index contributed by atoms with van der Waals surface area (Å²) in [7, 11) is 1.81. The van der Waals surface area contributed by atoms with Crippen LogP contribution < -0.4 is 5.56 Å². The first-order chi connectivity index (χ1) is 17.6. The molecule has 1 aliphatic rings. The van der Waals surface area contributed by atoms with Gasteiger partial charge < -0.3 is 19.6 Å². The second-order valence-electron chi connectivity index (χ2n) is 9.24. The van der Waals surface area contributed by atoms with Crippen LogP contribution in [-0.2, 0) is 22.5 Å². The SMILES string of the molecule is CCCCC1N(CC(C)OC=O)C(=O)c2c(CCN(C)Cc3ccc(F)c(Cl)c3)c(C=O)c(O)c(=O)n21. The van der Waals surface area contributed by atoms with E-state index in [2.05, 4.69) is 0 Å². The first-order valence-corrected chi connectivity index (χ1v) is 12.5. The topological polar surface area (TPSA) is 109 Å². The van der Waals surface area contributed by atoms with Crippen molar-refractivity contribution in [2.24, 2.45) is 0 Å². The highest BCUT2D eigenvalue weighted by molar-refractivity contribution is 6.30. The van der Waals surface area contributed by atoms with Gasteiger partial charge in [-0.05, 0) is 56.5 Å². The van der Waals surface area contributed by atoms with Gasteiger partial charge in [0.05, 0.1) is 17.1 Å². The number of ether oxygens (including phenoxy) is 1. The number of fused-ring (bicyclic) bond motifs is 1. The fourth-order valence-electron chi connectivity index (χ4n) is 4.68. The lowest BCUT2D eigenvalue weighted by Crippen LogP contribution is -2.37. The lowest BCUT2D eigenvalue weighted by Gasteiger charge is -2.27. The average Bonchev–Trinajstić information content (AvgIpc) is 3.12. The molecule has 0 spiro atoms. The molecule has 1 N–H and O–H groups in total. The Morgan fingerprint density at radius 3 is 2.65 bits per heavy atom. The highest BCUT2D eigenvalue weighted by Crippen LogP contribution is 2.34. The Balaban J connectivity index is 1.98. The second kappa shape index (κ2) is 12.3. The number of pyridine rings is 1. The van der Waals surface area contributed by atoms with Crippen molar-refractivity contribution in [3.8, 4) is 5.75 Å². The molecule has 2 aromatic rings. The molecule has 2 atom stereocenters. The van der Waals surface area contributed by atoms with E-state index in [1.165, 1.54) is 21.6 Å². The van der Waals surface area contributed by atoms with Gasteiger partial charge in [-0.2, -0.15) is 0 Å². The van der Waals surface area contributed by atoms with E-state index in [0.29, 0.717) is 38.7 Å². The van der Waals surface area contributed by atoms with Crippen LogP contribution in [0.25, 0.3) is 0 Å². The molecule has 3 rings (SSSR count). The van der Waals surface area contributed by atoms with Crippen molar-refractivity contribution in [1.82, 2.24) is 14.4 Å². The third-order valence-electron chi connectivity index (χ3n) is 6.51. The van der Waals surface area contributed by atoms with Crippen molar-refractivity contribution in [2.75, 3.05) is 20.1 Å². The number of aldehydes is 1. The fourth-order valence-corrected chi connectivity index (χ4v) is 4.88. The minimum atomic E-state index is -0.809. The van der Waals surface area contributed by atoms with Crippen molar-refractivity contribution in [3.63, 3.8) is 0 Å². The third-order valence-corrected chi connectivity index (χ3v) is 6.79. The molecule has 1 aromatic carbocycles. The van der Waals surface area contributed by atoms with Crippen LogP contribution in [-0.4, -0.2) is 64.4 Å². The van der Waals surface area contributed by atoms with Crippen LogP contribution in [0.15, 0.2) is 23.0 Å². The van der Waals surface area contributed by atoms with Crippen LogP contribution in [0.5, 0.6) is 5.75 Å². The first kappa shape index (κ1) is 28.3. The Bertz CT molecular complexity index is 1230. The zero-order chi connectivity index (χ0) is 27.3. The third kappa shape index (κ3) is 6.02. The van der Waals surface area contributed by atoms with Crippen LogP contribution in [0.3, 0.4) is 0 Å². The Hall–Kier alpha value is -3.24. The number of aromatic nitrogens is 1. The van der Waals surface area contributed by atoms with Crippen molar-refractivity contribution >= 4 is 30.3 Å². The number of aromatic hydroxyl groups is 1. The molecule has 0 saturated heterocycles. The van der Waals surface area contributed by atoms with E-state index in [-0.39, 0.29) is 34.8 Å². The Morgan fingerprint density at radius 1 is 1.30 bits per heavy atom. The smallest absolute Gasteiger partial charge is 0.295 e. The monoisotopic (exact) mass is 535 g/mol. The Labute approximate surface area is 219 Å². The molecule has 0 saturated carbocycles. The molecular formula is C26H31ClFN3O6. The number of amides is 1. The number of rotatable bonds is 13. The van der Waals surface area contributed by atoms with Crippen LogP contribution >= 0.6 is 11.6 Å². The summed E-state index contributed by atoms with van der Waals surface area (Å²) in [6, 6.07) is 4.42. The van der Waals surface area contributed by atoms with Crippen LogP contribution in [0.4, 0.5) is 4.39 Å². The van der Waals surface area contributed by atoms with E-state index in [9.17, 15) is 28.7 Å². The summed E-state index contributed by atoms with van der Waals surface area (Å²) in [5.41, 5.74) is 0.0803. The molecule has 0 radical (unpaired) electrons. The number of nitrogens with zero attached hydrogens (tertiary/aromatic N) is 3. The maximum Gasteiger partial charge on any atom is 0.295 e. The van der Waals surface area contributed by atoms with Crippen LogP contribution in [0, 0.1) is 5.82 Å².